The maximum Gasteiger partial charge on any atom is 0.257 e. The first kappa shape index (κ1) is 28.1. The minimum absolute atomic E-state index is 0.0484. The fourth-order valence-electron chi connectivity index (χ4n) is 4.87. The molecule has 10 nitrogen and oxygen atoms in total. The van der Waals surface area contributed by atoms with Gasteiger partial charge in [0.05, 0.1) is 35.7 Å². The van der Waals surface area contributed by atoms with Gasteiger partial charge in [0.2, 0.25) is 10.0 Å². The van der Waals surface area contributed by atoms with Gasteiger partial charge in [0.1, 0.15) is 18.0 Å². The Bertz CT molecular complexity index is 1760. The van der Waals surface area contributed by atoms with Gasteiger partial charge in [0.25, 0.3) is 5.91 Å². The van der Waals surface area contributed by atoms with Crippen LogP contribution >= 0.6 is 0 Å². The van der Waals surface area contributed by atoms with Gasteiger partial charge in [-0.15, -0.1) is 0 Å². The Hall–Kier alpha value is -4.40. The second-order valence-corrected chi connectivity index (χ2v) is 12.3. The third-order valence-corrected chi connectivity index (χ3v) is 7.38. The van der Waals surface area contributed by atoms with Gasteiger partial charge in [-0.05, 0) is 60.0 Å². The molecule has 0 aliphatic carbocycles. The van der Waals surface area contributed by atoms with Crippen LogP contribution in [0.4, 0.5) is 5.69 Å². The summed E-state index contributed by atoms with van der Waals surface area (Å²) in [5, 5.41) is 13.7. The van der Waals surface area contributed by atoms with Crippen molar-refractivity contribution in [3.63, 3.8) is 0 Å². The number of nitriles is 1. The second-order valence-electron chi connectivity index (χ2n) is 10.6. The van der Waals surface area contributed by atoms with Gasteiger partial charge in [-0.1, -0.05) is 19.9 Å². The largest absolute Gasteiger partial charge is 0.491 e. The van der Waals surface area contributed by atoms with E-state index in [0.717, 1.165) is 41.4 Å². The minimum Gasteiger partial charge on any atom is -0.491 e. The molecule has 3 N–H and O–H groups in total. The van der Waals surface area contributed by atoms with Crippen molar-refractivity contribution in [3.05, 3.63) is 66.0 Å². The summed E-state index contributed by atoms with van der Waals surface area (Å²) in [4.78, 5) is 22.8. The lowest BCUT2D eigenvalue weighted by Gasteiger charge is -2.20. The van der Waals surface area contributed by atoms with Crippen LogP contribution in [0.2, 0.25) is 0 Å². The number of H-pyrrole nitrogens is 1. The van der Waals surface area contributed by atoms with Crippen molar-refractivity contribution in [2.24, 2.45) is 5.92 Å². The van der Waals surface area contributed by atoms with Gasteiger partial charge in [-0.25, -0.2) is 13.4 Å². The quantitative estimate of drug-likeness (QED) is 0.255. The molecule has 0 fully saturated rings. The van der Waals surface area contributed by atoms with E-state index in [4.69, 9.17) is 4.74 Å². The highest BCUT2D eigenvalue weighted by molar-refractivity contribution is 7.92. The lowest BCUT2D eigenvalue weighted by Crippen LogP contribution is -2.38. The summed E-state index contributed by atoms with van der Waals surface area (Å²) in [6.07, 6.45) is 4.59. The van der Waals surface area contributed by atoms with E-state index in [2.05, 4.69) is 39.9 Å². The standard InChI is InChI=1S/C30H32N6O4S/c1-19(2)16-32-6-7-36-8-9-40-28-14-21(4-5-25(28)30(36)37)23-13-26-27(18-34-29(26)33-17-23)22-10-20(15-31)11-24(12-22)35-41(3,38)39/h4-5,10-14,17-19,32,35H,6-9,16H2,1-3H3,(H,33,34). The van der Waals surface area contributed by atoms with Crippen LogP contribution in [0.5, 0.6) is 5.75 Å². The first-order valence-corrected chi connectivity index (χ1v) is 15.3. The molecule has 0 bridgehead atoms. The molecule has 0 radical (unpaired) electrons. The monoisotopic (exact) mass is 572 g/mol. The van der Waals surface area contributed by atoms with E-state index >= 15 is 0 Å². The molecule has 1 aliphatic rings. The van der Waals surface area contributed by atoms with Gasteiger partial charge in [-0.3, -0.25) is 9.52 Å². The van der Waals surface area contributed by atoms with Crippen LogP contribution in [0, 0.1) is 17.2 Å². The zero-order chi connectivity index (χ0) is 29.1. The number of pyridine rings is 1. The smallest absolute Gasteiger partial charge is 0.257 e. The van der Waals surface area contributed by atoms with E-state index in [9.17, 15) is 18.5 Å². The fourth-order valence-corrected chi connectivity index (χ4v) is 5.42. The third kappa shape index (κ3) is 6.51. The van der Waals surface area contributed by atoms with E-state index in [0.29, 0.717) is 59.4 Å². The molecule has 0 atom stereocenters. The summed E-state index contributed by atoms with van der Waals surface area (Å²) in [7, 11) is -3.52. The zero-order valence-corrected chi connectivity index (χ0v) is 24.0. The number of aromatic nitrogens is 2. The number of nitrogens with zero attached hydrogens (tertiary/aromatic N) is 3. The van der Waals surface area contributed by atoms with E-state index in [1.807, 2.05) is 23.1 Å². The first-order chi connectivity index (χ1) is 19.6. The predicted octanol–water partition coefficient (Wildman–Crippen LogP) is 4.22. The van der Waals surface area contributed by atoms with Crippen LogP contribution in [0.1, 0.15) is 29.8 Å². The third-order valence-electron chi connectivity index (χ3n) is 6.77. The summed E-state index contributed by atoms with van der Waals surface area (Å²) in [5.74, 6) is 1.04. The molecule has 2 aromatic carbocycles. The molecule has 0 saturated carbocycles. The zero-order valence-electron chi connectivity index (χ0n) is 23.2. The summed E-state index contributed by atoms with van der Waals surface area (Å²) in [5.41, 5.74) is 4.90. The van der Waals surface area contributed by atoms with Crippen molar-refractivity contribution >= 4 is 32.7 Å². The topological polar surface area (TPSA) is 140 Å². The molecule has 3 heterocycles. The van der Waals surface area contributed by atoms with Crippen molar-refractivity contribution in [2.75, 3.05) is 43.8 Å². The van der Waals surface area contributed by atoms with Crippen LogP contribution in [-0.2, 0) is 10.0 Å². The van der Waals surface area contributed by atoms with Crippen molar-refractivity contribution in [3.8, 4) is 34.1 Å². The van der Waals surface area contributed by atoms with E-state index in [1.165, 1.54) is 6.07 Å². The number of carbonyl (C=O) groups is 1. The summed E-state index contributed by atoms with van der Waals surface area (Å²) in [6, 6.07) is 14.5. The SMILES string of the molecule is CC(C)CNCCN1CCOc2cc(-c3cnc4[nH]cc(-c5cc(C#N)cc(NS(C)(=O)=O)c5)c4c3)ccc2C1=O. The fraction of sp³-hybridized carbons (Fsp3) is 0.300. The lowest BCUT2D eigenvalue weighted by atomic mass is 9.99. The van der Waals surface area contributed by atoms with E-state index < -0.39 is 10.0 Å². The molecule has 0 saturated heterocycles. The summed E-state index contributed by atoms with van der Waals surface area (Å²) >= 11 is 0. The molecule has 1 aliphatic heterocycles. The Morgan fingerprint density at radius 3 is 2.71 bits per heavy atom. The highest BCUT2D eigenvalue weighted by Crippen LogP contribution is 2.35. The molecule has 5 rings (SSSR count). The molecule has 41 heavy (non-hydrogen) atoms. The van der Waals surface area contributed by atoms with Gasteiger partial charge in [-0.2, -0.15) is 5.26 Å². The number of ether oxygens (including phenoxy) is 1. The van der Waals surface area contributed by atoms with Crippen LogP contribution in [0.3, 0.4) is 0 Å². The number of sulfonamides is 1. The number of fused-ring (bicyclic) bond motifs is 2. The average Bonchev–Trinajstić information content (AvgIpc) is 3.29. The normalized spacial score (nSPS) is 13.5. The summed E-state index contributed by atoms with van der Waals surface area (Å²) < 4.78 is 32.1. The number of aromatic amines is 1. The molecule has 0 spiro atoms. The number of rotatable bonds is 9. The summed E-state index contributed by atoms with van der Waals surface area (Å²) in [6.45, 7) is 7.47. The number of hydrogen-bond donors (Lipinski definition) is 3. The van der Waals surface area contributed by atoms with Crippen molar-refractivity contribution in [1.82, 2.24) is 20.2 Å². The van der Waals surface area contributed by atoms with Crippen LogP contribution in [0.15, 0.2) is 54.9 Å². The van der Waals surface area contributed by atoms with Gasteiger partial charge >= 0.3 is 0 Å². The molecule has 4 aromatic rings. The molecule has 0 unspecified atom stereocenters. The lowest BCUT2D eigenvalue weighted by molar-refractivity contribution is 0.0757. The maximum atomic E-state index is 13.3. The minimum atomic E-state index is -3.52. The highest BCUT2D eigenvalue weighted by Gasteiger charge is 2.24. The highest BCUT2D eigenvalue weighted by atomic mass is 32.2. The number of nitrogens with one attached hydrogen (secondary N) is 3. The average molecular weight is 573 g/mol. The molecule has 2 aromatic heterocycles. The Balaban J connectivity index is 1.45. The Morgan fingerprint density at radius 1 is 1.12 bits per heavy atom. The Morgan fingerprint density at radius 2 is 1.95 bits per heavy atom. The van der Waals surface area contributed by atoms with Gasteiger partial charge < -0.3 is 19.9 Å². The predicted molar refractivity (Wildman–Crippen MR) is 159 cm³/mol. The van der Waals surface area contributed by atoms with Crippen molar-refractivity contribution in [2.45, 2.75) is 13.8 Å². The van der Waals surface area contributed by atoms with Crippen molar-refractivity contribution < 1.29 is 17.9 Å². The molecule has 11 heteroatoms. The number of benzene rings is 2. The van der Waals surface area contributed by atoms with Crippen molar-refractivity contribution in [1.29, 1.82) is 5.26 Å². The van der Waals surface area contributed by atoms with Crippen LogP contribution in [0.25, 0.3) is 33.3 Å². The number of hydrogen-bond acceptors (Lipinski definition) is 7. The molecular weight excluding hydrogens is 540 g/mol. The van der Waals surface area contributed by atoms with Gasteiger partial charge in [0.15, 0.2) is 0 Å². The number of carbonyl (C=O) groups excluding carboxylic acids is 1. The van der Waals surface area contributed by atoms with Crippen LogP contribution in [-0.4, -0.2) is 68.2 Å². The van der Waals surface area contributed by atoms with E-state index in [-0.39, 0.29) is 5.91 Å². The molecular formula is C30H32N6O4S. The molecule has 212 valence electrons. The van der Waals surface area contributed by atoms with Gasteiger partial charge in [0, 0.05) is 42.0 Å². The maximum absolute atomic E-state index is 13.3. The number of anilines is 1. The Labute approximate surface area is 239 Å². The van der Waals surface area contributed by atoms with E-state index in [1.54, 1.807) is 30.6 Å². The second kappa shape index (κ2) is 11.6. The Kier molecular flexibility index (Phi) is 7.97. The number of amides is 1. The molecule has 1 amide bonds. The van der Waals surface area contributed by atoms with Crippen LogP contribution < -0.4 is 14.8 Å². The first-order valence-electron chi connectivity index (χ1n) is 13.4.